The van der Waals surface area contributed by atoms with Crippen LogP contribution in [0.2, 0.25) is 5.02 Å². The fourth-order valence-electron chi connectivity index (χ4n) is 1.85. The van der Waals surface area contributed by atoms with E-state index >= 15 is 0 Å². The predicted molar refractivity (Wildman–Crippen MR) is 86.0 cm³/mol. The molecule has 0 aromatic carbocycles. The molecule has 0 aliphatic heterocycles. The molecule has 1 atom stereocenters. The lowest BCUT2D eigenvalue weighted by atomic mass is 10.2. The smallest absolute Gasteiger partial charge is 0.253 e. The molecule has 0 radical (unpaired) electrons. The lowest BCUT2D eigenvalue weighted by molar-refractivity contribution is 0.0935. The van der Waals surface area contributed by atoms with E-state index in [1.165, 1.54) is 17.5 Å². The number of amides is 1. The van der Waals surface area contributed by atoms with Crippen molar-refractivity contribution in [3.05, 3.63) is 39.4 Å². The van der Waals surface area contributed by atoms with Crippen LogP contribution in [0.15, 0.2) is 23.8 Å². The molecule has 1 unspecified atom stereocenters. The van der Waals surface area contributed by atoms with Gasteiger partial charge in [-0.3, -0.25) is 4.79 Å². The van der Waals surface area contributed by atoms with Crippen molar-refractivity contribution in [2.24, 2.45) is 0 Å². The molecule has 0 fully saturated rings. The molecule has 0 saturated heterocycles. The Kier molecular flexibility index (Phi) is 5.52. The van der Waals surface area contributed by atoms with E-state index in [9.17, 15) is 4.79 Å². The van der Waals surface area contributed by atoms with Gasteiger partial charge in [-0.1, -0.05) is 18.5 Å². The van der Waals surface area contributed by atoms with Crippen LogP contribution in [-0.2, 0) is 0 Å². The zero-order valence-corrected chi connectivity index (χ0v) is 13.5. The number of carbonyl (C=O) groups is 1. The summed E-state index contributed by atoms with van der Waals surface area (Å²) in [5.41, 5.74) is 0.441. The summed E-state index contributed by atoms with van der Waals surface area (Å²) < 4.78 is 0. The second-order valence-electron chi connectivity index (χ2n) is 4.39. The van der Waals surface area contributed by atoms with Crippen LogP contribution in [0.4, 0.5) is 5.82 Å². The number of pyridine rings is 1. The number of thiazole rings is 1. The molecular formula is C14H17ClN4OS. The number of hydrogen-bond donors (Lipinski definition) is 2. The summed E-state index contributed by atoms with van der Waals surface area (Å²) in [4.78, 5) is 20.7. The van der Waals surface area contributed by atoms with E-state index in [1.54, 1.807) is 12.3 Å². The largest absolute Gasteiger partial charge is 0.369 e. The minimum Gasteiger partial charge on any atom is -0.369 e. The zero-order chi connectivity index (χ0) is 15.2. The van der Waals surface area contributed by atoms with Gasteiger partial charge in [-0.05, 0) is 19.4 Å². The number of anilines is 1. The van der Waals surface area contributed by atoms with Crippen LogP contribution < -0.4 is 10.6 Å². The lowest BCUT2D eigenvalue weighted by Crippen LogP contribution is -2.28. The highest BCUT2D eigenvalue weighted by atomic mass is 35.5. The average Bonchev–Trinajstić information content (AvgIpc) is 3.01. The van der Waals surface area contributed by atoms with Crippen LogP contribution in [0, 0.1) is 0 Å². The second-order valence-corrected chi connectivity index (χ2v) is 5.72. The van der Waals surface area contributed by atoms with Crippen molar-refractivity contribution in [2.75, 3.05) is 11.9 Å². The maximum Gasteiger partial charge on any atom is 0.253 e. The number of nitrogens with zero attached hydrogens (tertiary/aromatic N) is 2. The number of carbonyl (C=O) groups excluding carboxylic acids is 1. The van der Waals surface area contributed by atoms with Gasteiger partial charge in [-0.15, -0.1) is 11.3 Å². The van der Waals surface area contributed by atoms with Gasteiger partial charge in [0.05, 0.1) is 16.6 Å². The maximum atomic E-state index is 12.3. The minimum absolute atomic E-state index is 0.0929. The number of aromatic nitrogens is 2. The Labute approximate surface area is 132 Å². The standard InChI is InChI=1S/C14H17ClN4OS/c1-3-11(14-17-5-6-21-14)19-13(20)9-7-10(15)12(16-4-2)18-8-9/h5-8,11H,3-4H2,1-2H3,(H,16,18)(H,19,20). The average molecular weight is 325 g/mol. The Morgan fingerprint density at radius 1 is 1.43 bits per heavy atom. The first-order chi connectivity index (χ1) is 10.2. The molecular weight excluding hydrogens is 308 g/mol. The number of rotatable bonds is 6. The van der Waals surface area contributed by atoms with Gasteiger partial charge >= 0.3 is 0 Å². The summed E-state index contributed by atoms with van der Waals surface area (Å²) in [6.07, 6.45) is 4.03. The van der Waals surface area contributed by atoms with Crippen LogP contribution in [-0.4, -0.2) is 22.4 Å². The molecule has 2 aromatic heterocycles. The van der Waals surface area contributed by atoms with E-state index < -0.39 is 0 Å². The number of nitrogens with one attached hydrogen (secondary N) is 2. The summed E-state index contributed by atoms with van der Waals surface area (Å²) in [6.45, 7) is 4.69. The van der Waals surface area contributed by atoms with E-state index in [0.29, 0.717) is 16.4 Å². The Morgan fingerprint density at radius 2 is 2.24 bits per heavy atom. The Morgan fingerprint density at radius 3 is 2.81 bits per heavy atom. The molecule has 7 heteroatoms. The van der Waals surface area contributed by atoms with E-state index in [4.69, 9.17) is 11.6 Å². The lowest BCUT2D eigenvalue weighted by Gasteiger charge is -2.14. The first-order valence-corrected chi connectivity index (χ1v) is 8.01. The van der Waals surface area contributed by atoms with Crippen LogP contribution >= 0.6 is 22.9 Å². The Bertz CT molecular complexity index is 603. The molecule has 21 heavy (non-hydrogen) atoms. The molecule has 0 saturated carbocycles. The van der Waals surface area contributed by atoms with Gasteiger partial charge in [0.2, 0.25) is 0 Å². The van der Waals surface area contributed by atoms with Gasteiger partial charge in [0.15, 0.2) is 0 Å². The van der Waals surface area contributed by atoms with E-state index in [-0.39, 0.29) is 11.9 Å². The summed E-state index contributed by atoms with van der Waals surface area (Å²) in [5.74, 6) is 0.386. The first-order valence-electron chi connectivity index (χ1n) is 6.75. The molecule has 0 bridgehead atoms. The van der Waals surface area contributed by atoms with Crippen molar-refractivity contribution in [2.45, 2.75) is 26.3 Å². The van der Waals surface area contributed by atoms with Gasteiger partial charge in [-0.2, -0.15) is 0 Å². The van der Waals surface area contributed by atoms with E-state index in [2.05, 4.69) is 20.6 Å². The highest BCUT2D eigenvalue weighted by molar-refractivity contribution is 7.09. The number of halogens is 1. The highest BCUT2D eigenvalue weighted by Crippen LogP contribution is 2.22. The molecule has 1 amide bonds. The van der Waals surface area contributed by atoms with Gasteiger partial charge in [0.1, 0.15) is 10.8 Å². The Balaban J connectivity index is 2.11. The predicted octanol–water partition coefficient (Wildman–Crippen LogP) is 3.50. The van der Waals surface area contributed by atoms with Gasteiger partial charge < -0.3 is 10.6 Å². The van der Waals surface area contributed by atoms with Crippen molar-refractivity contribution < 1.29 is 4.79 Å². The molecule has 2 aromatic rings. The third-order valence-electron chi connectivity index (χ3n) is 2.91. The fourth-order valence-corrected chi connectivity index (χ4v) is 2.85. The van der Waals surface area contributed by atoms with Crippen LogP contribution in [0.1, 0.15) is 41.7 Å². The summed E-state index contributed by atoms with van der Waals surface area (Å²) >= 11 is 7.63. The van der Waals surface area contributed by atoms with Gasteiger partial charge in [-0.25, -0.2) is 9.97 Å². The topological polar surface area (TPSA) is 66.9 Å². The molecule has 0 aliphatic rings. The van der Waals surface area contributed by atoms with Crippen molar-refractivity contribution in [1.29, 1.82) is 0 Å². The van der Waals surface area contributed by atoms with Crippen molar-refractivity contribution in [3.63, 3.8) is 0 Å². The van der Waals surface area contributed by atoms with Crippen LogP contribution in [0.5, 0.6) is 0 Å². The normalized spacial score (nSPS) is 12.0. The Hall–Kier alpha value is -1.66. The van der Waals surface area contributed by atoms with Crippen LogP contribution in [0.3, 0.4) is 0 Å². The molecule has 2 N–H and O–H groups in total. The first kappa shape index (κ1) is 15.7. The summed E-state index contributed by atoms with van der Waals surface area (Å²) in [5, 5.41) is 9.22. The highest BCUT2D eigenvalue weighted by Gasteiger charge is 2.17. The maximum absolute atomic E-state index is 12.3. The third kappa shape index (κ3) is 3.92. The molecule has 2 heterocycles. The van der Waals surface area contributed by atoms with Gasteiger partial charge in [0.25, 0.3) is 5.91 Å². The second kappa shape index (κ2) is 7.38. The van der Waals surface area contributed by atoms with Gasteiger partial charge in [0, 0.05) is 24.3 Å². The van der Waals surface area contributed by atoms with E-state index in [0.717, 1.165) is 18.0 Å². The third-order valence-corrected chi connectivity index (χ3v) is 4.09. The SMILES string of the molecule is CCNc1ncc(C(=O)NC(CC)c2nccs2)cc1Cl. The summed E-state index contributed by atoms with van der Waals surface area (Å²) in [6, 6.07) is 1.53. The monoisotopic (exact) mass is 324 g/mol. The summed E-state index contributed by atoms with van der Waals surface area (Å²) in [7, 11) is 0. The zero-order valence-electron chi connectivity index (χ0n) is 11.9. The molecule has 0 spiro atoms. The molecule has 0 aliphatic carbocycles. The van der Waals surface area contributed by atoms with Crippen LogP contribution in [0.25, 0.3) is 0 Å². The molecule has 112 valence electrons. The fraction of sp³-hybridized carbons (Fsp3) is 0.357. The number of hydrogen-bond acceptors (Lipinski definition) is 5. The quantitative estimate of drug-likeness (QED) is 0.853. The minimum atomic E-state index is -0.200. The van der Waals surface area contributed by atoms with Crippen molar-refractivity contribution in [1.82, 2.24) is 15.3 Å². The van der Waals surface area contributed by atoms with E-state index in [1.807, 2.05) is 19.2 Å². The molecule has 2 rings (SSSR count). The molecule has 5 nitrogen and oxygen atoms in total. The van der Waals surface area contributed by atoms with Crippen molar-refractivity contribution >= 4 is 34.7 Å². The van der Waals surface area contributed by atoms with Crippen molar-refractivity contribution in [3.8, 4) is 0 Å².